The maximum Gasteiger partial charge on any atom is 0.348 e. The fraction of sp³-hybridized carbons (Fsp3) is 0.118. The fourth-order valence-electron chi connectivity index (χ4n) is 2.98. The van der Waals surface area contributed by atoms with Crippen molar-refractivity contribution in [3.05, 3.63) is 68.0 Å². The van der Waals surface area contributed by atoms with Gasteiger partial charge < -0.3 is 4.98 Å². The van der Waals surface area contributed by atoms with Gasteiger partial charge in [0.05, 0.1) is 32.6 Å². The Morgan fingerprint density at radius 1 is 1.00 bits per heavy atom. The summed E-state index contributed by atoms with van der Waals surface area (Å²) in [5, 5.41) is 26.6. The molecule has 1 aromatic carbocycles. The molecule has 140 valence electrons. The lowest BCUT2D eigenvalue weighted by molar-refractivity contribution is -0.422. The van der Waals surface area contributed by atoms with E-state index in [9.17, 15) is 20.2 Å². The smallest absolute Gasteiger partial charge is 0.336 e. The highest BCUT2D eigenvalue weighted by Crippen LogP contribution is 2.32. The van der Waals surface area contributed by atoms with Crippen LogP contribution in [0.3, 0.4) is 0 Å². The van der Waals surface area contributed by atoms with Gasteiger partial charge >= 0.3 is 11.4 Å². The summed E-state index contributed by atoms with van der Waals surface area (Å²) in [4.78, 5) is 32.5. The second-order valence-corrected chi connectivity index (χ2v) is 6.18. The number of rotatable bonds is 4. The highest BCUT2D eigenvalue weighted by Gasteiger charge is 2.26. The molecule has 0 unspecified atom stereocenters. The maximum absolute atomic E-state index is 11.1. The average Bonchev–Trinajstić information content (AvgIpc) is 3.22. The highest BCUT2D eigenvalue weighted by atomic mass is 16.6. The van der Waals surface area contributed by atoms with Gasteiger partial charge in [-0.3, -0.25) is 20.2 Å². The molecule has 0 saturated heterocycles. The van der Waals surface area contributed by atoms with Crippen molar-refractivity contribution < 1.29 is 9.85 Å². The molecule has 1 N–H and O–H groups in total. The van der Waals surface area contributed by atoms with E-state index in [1.807, 2.05) is 19.9 Å². The quantitative estimate of drug-likeness (QED) is 0.423. The van der Waals surface area contributed by atoms with Crippen LogP contribution in [0.15, 0.2) is 36.4 Å². The van der Waals surface area contributed by atoms with Crippen LogP contribution in [-0.2, 0) is 0 Å². The van der Waals surface area contributed by atoms with Gasteiger partial charge in [0, 0.05) is 11.8 Å². The summed E-state index contributed by atoms with van der Waals surface area (Å²) in [6.07, 6.45) is 0. The zero-order valence-corrected chi connectivity index (χ0v) is 14.8. The molecule has 0 amide bonds. The van der Waals surface area contributed by atoms with E-state index in [2.05, 4.69) is 20.1 Å². The molecular weight excluding hydrogens is 366 g/mol. The monoisotopic (exact) mass is 379 g/mol. The van der Waals surface area contributed by atoms with E-state index in [4.69, 9.17) is 0 Å². The minimum Gasteiger partial charge on any atom is -0.336 e. The first kappa shape index (κ1) is 17.3. The van der Waals surface area contributed by atoms with Crippen molar-refractivity contribution in [2.24, 2.45) is 0 Å². The average molecular weight is 379 g/mol. The van der Waals surface area contributed by atoms with Crippen molar-refractivity contribution in [1.82, 2.24) is 24.7 Å². The number of aryl methyl sites for hydroxylation is 2. The first-order valence-corrected chi connectivity index (χ1v) is 8.17. The molecule has 0 radical (unpaired) electrons. The molecule has 0 fully saturated rings. The van der Waals surface area contributed by atoms with Gasteiger partial charge in [0.2, 0.25) is 0 Å². The Morgan fingerprint density at radius 3 is 2.36 bits per heavy atom. The maximum atomic E-state index is 11.1. The fourth-order valence-corrected chi connectivity index (χ4v) is 2.98. The van der Waals surface area contributed by atoms with Gasteiger partial charge in [-0.05, 0) is 32.0 Å². The molecule has 0 atom stereocenters. The molecule has 11 heteroatoms. The summed E-state index contributed by atoms with van der Waals surface area (Å²) in [5.41, 5.74) is 1.59. The van der Waals surface area contributed by atoms with Crippen molar-refractivity contribution >= 4 is 22.4 Å². The molecule has 0 aliphatic carbocycles. The Kier molecular flexibility index (Phi) is 3.84. The number of nitro benzene ring substituents is 2. The summed E-state index contributed by atoms with van der Waals surface area (Å²) in [6, 6.07) is 9.41. The van der Waals surface area contributed by atoms with Crippen molar-refractivity contribution in [2.75, 3.05) is 0 Å². The number of aromatic amines is 1. The molecule has 11 nitrogen and oxygen atoms in total. The number of pyridine rings is 1. The summed E-state index contributed by atoms with van der Waals surface area (Å²) in [7, 11) is 0. The van der Waals surface area contributed by atoms with Crippen molar-refractivity contribution in [3.8, 4) is 17.3 Å². The molecule has 4 aromatic rings. The zero-order chi connectivity index (χ0) is 20.0. The SMILES string of the molecule is Cc1cc(C)n(-c2cccc(-c3nc4cc([N+](=O)[O-])c([N+](=O)[O-])cc4[nH]3)n2)n1. The highest BCUT2D eigenvalue weighted by molar-refractivity contribution is 5.85. The van der Waals surface area contributed by atoms with Crippen LogP contribution >= 0.6 is 0 Å². The topological polar surface area (TPSA) is 146 Å². The molecule has 0 saturated carbocycles. The van der Waals surface area contributed by atoms with Crippen molar-refractivity contribution in [2.45, 2.75) is 13.8 Å². The molecule has 0 spiro atoms. The number of aromatic nitrogens is 5. The Hall–Kier alpha value is -4.15. The lowest BCUT2D eigenvalue weighted by Gasteiger charge is -2.04. The van der Waals surface area contributed by atoms with Crippen LogP contribution < -0.4 is 0 Å². The number of nitrogens with zero attached hydrogens (tertiary/aromatic N) is 6. The van der Waals surface area contributed by atoms with Crippen LogP contribution in [0, 0.1) is 34.1 Å². The third-order valence-electron chi connectivity index (χ3n) is 4.18. The number of H-pyrrole nitrogens is 1. The first-order chi connectivity index (χ1) is 13.3. The standard InChI is InChI=1S/C17H13N7O4/c1-9-6-10(2)22(21-9)16-5-3-4-11(18-16)17-19-12-7-14(23(25)26)15(24(27)28)8-13(12)20-17/h3-8H,1-2H3,(H,19,20). The van der Waals surface area contributed by atoms with Gasteiger partial charge in [-0.1, -0.05) is 6.07 Å². The van der Waals surface area contributed by atoms with Gasteiger partial charge in [-0.15, -0.1) is 0 Å². The Morgan fingerprint density at radius 2 is 1.71 bits per heavy atom. The molecule has 0 aliphatic heterocycles. The summed E-state index contributed by atoms with van der Waals surface area (Å²) >= 11 is 0. The lowest BCUT2D eigenvalue weighted by atomic mass is 10.2. The van der Waals surface area contributed by atoms with E-state index in [1.54, 1.807) is 22.9 Å². The third-order valence-corrected chi connectivity index (χ3v) is 4.18. The number of nitro groups is 2. The van der Waals surface area contributed by atoms with E-state index in [1.165, 1.54) is 0 Å². The van der Waals surface area contributed by atoms with Crippen LogP contribution in [0.1, 0.15) is 11.4 Å². The van der Waals surface area contributed by atoms with Crippen LogP contribution in [0.2, 0.25) is 0 Å². The van der Waals surface area contributed by atoms with Gasteiger partial charge in [0.25, 0.3) is 0 Å². The number of benzene rings is 1. The van der Waals surface area contributed by atoms with Crippen LogP contribution in [0.4, 0.5) is 11.4 Å². The number of nitrogens with one attached hydrogen (secondary N) is 1. The van der Waals surface area contributed by atoms with Crippen LogP contribution in [-0.4, -0.2) is 34.6 Å². The number of hydrogen-bond donors (Lipinski definition) is 1. The summed E-state index contributed by atoms with van der Waals surface area (Å²) < 4.78 is 1.69. The first-order valence-electron chi connectivity index (χ1n) is 8.17. The molecule has 28 heavy (non-hydrogen) atoms. The molecule has 3 heterocycles. The van der Waals surface area contributed by atoms with Crippen LogP contribution in [0.25, 0.3) is 28.4 Å². The summed E-state index contributed by atoms with van der Waals surface area (Å²) in [5.74, 6) is 0.925. The van der Waals surface area contributed by atoms with Gasteiger partial charge in [0.1, 0.15) is 5.69 Å². The number of imidazole rings is 1. The molecular formula is C17H13N7O4. The van der Waals surface area contributed by atoms with E-state index < -0.39 is 21.2 Å². The van der Waals surface area contributed by atoms with Gasteiger partial charge in [0.15, 0.2) is 11.6 Å². The second kappa shape index (κ2) is 6.23. The predicted octanol–water partition coefficient (Wildman–Crippen LogP) is 3.24. The molecule has 4 rings (SSSR count). The molecule has 0 bridgehead atoms. The van der Waals surface area contributed by atoms with Crippen LogP contribution in [0.5, 0.6) is 0 Å². The lowest BCUT2D eigenvalue weighted by Crippen LogP contribution is -2.02. The second-order valence-electron chi connectivity index (χ2n) is 6.18. The van der Waals surface area contributed by atoms with Gasteiger partial charge in [-0.2, -0.15) is 5.10 Å². The normalized spacial score (nSPS) is 11.1. The van der Waals surface area contributed by atoms with E-state index in [-0.39, 0.29) is 5.52 Å². The number of hydrogen-bond acceptors (Lipinski definition) is 7. The Labute approximate surface area is 157 Å². The predicted molar refractivity (Wildman–Crippen MR) is 99.2 cm³/mol. The molecule has 3 aromatic heterocycles. The van der Waals surface area contributed by atoms with Crippen molar-refractivity contribution in [3.63, 3.8) is 0 Å². The third kappa shape index (κ3) is 2.84. The van der Waals surface area contributed by atoms with E-state index >= 15 is 0 Å². The molecule has 0 aliphatic rings. The van der Waals surface area contributed by atoms with E-state index in [0.29, 0.717) is 22.9 Å². The number of fused-ring (bicyclic) bond motifs is 1. The van der Waals surface area contributed by atoms with Crippen molar-refractivity contribution in [1.29, 1.82) is 0 Å². The Balaban J connectivity index is 1.84. The zero-order valence-electron chi connectivity index (χ0n) is 14.8. The minimum absolute atomic E-state index is 0.241. The largest absolute Gasteiger partial charge is 0.348 e. The Bertz CT molecular complexity index is 1210. The minimum atomic E-state index is -0.798. The van der Waals surface area contributed by atoms with E-state index in [0.717, 1.165) is 23.5 Å². The van der Waals surface area contributed by atoms with Gasteiger partial charge in [-0.25, -0.2) is 14.6 Å². The summed E-state index contributed by atoms with van der Waals surface area (Å²) in [6.45, 7) is 3.79.